The van der Waals surface area contributed by atoms with E-state index in [0.717, 1.165) is 76.3 Å². The molecule has 4 aliphatic heterocycles. The summed E-state index contributed by atoms with van der Waals surface area (Å²) in [6, 6.07) is 22.3. The fourth-order valence-electron chi connectivity index (χ4n) is 8.10. The Kier molecular flexibility index (Phi) is 10.8. The average molecular weight is 743 g/mol. The second-order valence-electron chi connectivity index (χ2n) is 14.7. The lowest BCUT2D eigenvalue weighted by molar-refractivity contribution is 0.0904. The van der Waals surface area contributed by atoms with Crippen LogP contribution in [0.4, 0.5) is 5.69 Å². The van der Waals surface area contributed by atoms with Gasteiger partial charge < -0.3 is 25.4 Å². The highest BCUT2D eigenvalue weighted by atomic mass is 16.5. The van der Waals surface area contributed by atoms with Crippen LogP contribution in [-0.2, 0) is 37.3 Å². The molecule has 2 aromatic heterocycles. The second kappa shape index (κ2) is 16.2. The largest absolute Gasteiger partial charge is 0.496 e. The molecule has 2 amide bonds. The van der Waals surface area contributed by atoms with Crippen LogP contribution in [0.2, 0.25) is 0 Å². The van der Waals surface area contributed by atoms with Crippen LogP contribution in [0.25, 0.3) is 22.2 Å². The number of nitrogens with zero attached hydrogens (tertiary/aromatic N) is 4. The van der Waals surface area contributed by atoms with E-state index in [1.807, 2.05) is 23.0 Å². The Labute approximate surface area is 322 Å². The Hall–Kier alpha value is -5.30. The van der Waals surface area contributed by atoms with Crippen molar-refractivity contribution in [3.8, 4) is 16.9 Å². The first kappa shape index (κ1) is 36.7. The van der Waals surface area contributed by atoms with Crippen LogP contribution >= 0.6 is 0 Å². The molecule has 286 valence electrons. The number of carbonyl (C=O) groups is 2. The van der Waals surface area contributed by atoms with Crippen LogP contribution in [0.3, 0.4) is 0 Å². The molecule has 5 aromatic rings. The average Bonchev–Trinajstić information content (AvgIpc) is 3.93. The molecule has 4 aliphatic rings. The summed E-state index contributed by atoms with van der Waals surface area (Å²) in [5.74, 6) is 0.253. The predicted octanol–water partition coefficient (Wildman–Crippen LogP) is 5.64. The maximum atomic E-state index is 13.6. The van der Waals surface area contributed by atoms with E-state index < -0.39 is 0 Å². The van der Waals surface area contributed by atoms with Gasteiger partial charge in [0.2, 0.25) is 0 Å². The maximum absolute atomic E-state index is 13.6. The van der Waals surface area contributed by atoms with Gasteiger partial charge >= 0.3 is 0 Å². The highest BCUT2D eigenvalue weighted by molar-refractivity contribution is 6.00. The van der Waals surface area contributed by atoms with E-state index in [1.54, 1.807) is 31.4 Å². The van der Waals surface area contributed by atoms with Gasteiger partial charge in [0.15, 0.2) is 5.65 Å². The Morgan fingerprint density at radius 1 is 0.945 bits per heavy atom. The molecule has 0 unspecified atom stereocenters. The molecule has 4 N–H and O–H groups in total. The van der Waals surface area contributed by atoms with Crippen molar-refractivity contribution in [1.29, 1.82) is 0 Å². The van der Waals surface area contributed by atoms with Gasteiger partial charge in [-0.15, -0.1) is 0 Å². The first-order valence-electron chi connectivity index (χ1n) is 19.5. The highest BCUT2D eigenvalue weighted by Crippen LogP contribution is 2.34. The third-order valence-electron chi connectivity index (χ3n) is 11.2. The summed E-state index contributed by atoms with van der Waals surface area (Å²) >= 11 is 0. The number of methoxy groups -OCH3 is 1. The molecule has 2 atom stereocenters. The topological polar surface area (TPSA) is 135 Å². The number of aromatic nitrogens is 3. The van der Waals surface area contributed by atoms with Crippen LogP contribution in [0.1, 0.15) is 76.2 Å². The molecular formula is C43H50N8O4. The molecule has 0 aliphatic carbocycles. The van der Waals surface area contributed by atoms with Crippen LogP contribution < -0.4 is 26.0 Å². The van der Waals surface area contributed by atoms with Gasteiger partial charge in [-0.25, -0.2) is 9.67 Å². The molecule has 3 aromatic carbocycles. The molecule has 12 nitrogen and oxygen atoms in total. The number of carbonyl (C=O) groups excluding carboxylic acids is 2. The van der Waals surface area contributed by atoms with Crippen molar-refractivity contribution in [3.05, 3.63) is 106 Å². The molecule has 2 bridgehead atoms. The van der Waals surface area contributed by atoms with Gasteiger partial charge in [-0.1, -0.05) is 37.3 Å². The Balaban J connectivity index is 0.944. The Morgan fingerprint density at radius 2 is 1.71 bits per heavy atom. The molecule has 12 heteroatoms. The summed E-state index contributed by atoms with van der Waals surface area (Å²) in [6.45, 7) is 8.87. The zero-order valence-electron chi connectivity index (χ0n) is 31.9. The summed E-state index contributed by atoms with van der Waals surface area (Å²) in [5.41, 5.74) is 8.74. The summed E-state index contributed by atoms with van der Waals surface area (Å²) in [4.78, 5) is 34.6. The van der Waals surface area contributed by atoms with Gasteiger partial charge in [-0.05, 0) is 85.7 Å². The smallest absolute Gasteiger partial charge is 0.251 e. The molecule has 9 rings (SSSR count). The lowest BCUT2D eigenvalue weighted by Gasteiger charge is -2.27. The molecular weight excluding hydrogens is 693 g/mol. The molecule has 4 saturated heterocycles. The number of hydrogen-bond donors (Lipinski definition) is 4. The van der Waals surface area contributed by atoms with E-state index in [0.29, 0.717) is 56.1 Å². The first-order chi connectivity index (χ1) is 26.9. The fraction of sp³-hybridized carbons (Fsp3) is 0.395. The first-order valence-corrected chi connectivity index (χ1v) is 19.5. The molecule has 0 spiro atoms. The number of benzene rings is 3. The van der Waals surface area contributed by atoms with Gasteiger partial charge in [-0.3, -0.25) is 19.8 Å². The summed E-state index contributed by atoms with van der Waals surface area (Å²) in [5, 5.41) is 19.1. The number of amides is 2. The zero-order chi connectivity index (χ0) is 37.9. The number of hydrogen-bond acceptors (Lipinski definition) is 9. The normalized spacial score (nSPS) is 18.2. The number of anilines is 1. The van der Waals surface area contributed by atoms with Gasteiger partial charge in [0.05, 0.1) is 30.5 Å². The van der Waals surface area contributed by atoms with E-state index in [4.69, 9.17) is 14.5 Å². The monoisotopic (exact) mass is 742 g/mol. The van der Waals surface area contributed by atoms with E-state index >= 15 is 0 Å². The minimum absolute atomic E-state index is 0.252. The third kappa shape index (κ3) is 7.80. The van der Waals surface area contributed by atoms with E-state index in [2.05, 4.69) is 75.4 Å². The van der Waals surface area contributed by atoms with Gasteiger partial charge in [0.1, 0.15) is 5.75 Å². The summed E-state index contributed by atoms with van der Waals surface area (Å²) in [6.07, 6.45) is 6.09. The molecule has 0 radical (unpaired) electrons. The fourth-order valence-corrected chi connectivity index (χ4v) is 8.10. The number of nitrogens with one attached hydrogen (secondary N) is 4. The molecule has 6 heterocycles. The summed E-state index contributed by atoms with van der Waals surface area (Å²) in [7, 11) is 1.68. The van der Waals surface area contributed by atoms with Crippen LogP contribution in [0.5, 0.6) is 5.75 Å². The standard InChI is InChI=1S/C43H50N8O4/c1-4-37-35(40(48-32-14-16-55-17-15-32)36-24-46-51(5-2)41(36)49-37)23-45-43(53)31-11-7-10-30(20-31)42(52)44-22-27-12-13-38(54-3)34(19-27)29-9-6-8-28(18-29)25-50-26-33-21-39(50)47-33/h6-13,18-20,24,32-33,39,47H,4-5,14-17,21-23,25-26H2,1-3H3,(H,44,52)(H,45,53)(H,48,49)/t33-,39-/m0/s1. The number of rotatable bonds is 14. The van der Waals surface area contributed by atoms with Crippen molar-refractivity contribution in [2.75, 3.05) is 32.2 Å². The van der Waals surface area contributed by atoms with Crippen molar-refractivity contribution < 1.29 is 19.1 Å². The van der Waals surface area contributed by atoms with Gasteiger partial charge in [0.25, 0.3) is 11.8 Å². The van der Waals surface area contributed by atoms with E-state index in [9.17, 15) is 9.59 Å². The van der Waals surface area contributed by atoms with Crippen LogP contribution in [0.15, 0.2) is 72.9 Å². The van der Waals surface area contributed by atoms with Crippen LogP contribution in [-0.4, -0.2) is 76.6 Å². The number of aryl methyl sites for hydroxylation is 2. The molecule has 55 heavy (non-hydrogen) atoms. The van der Waals surface area contributed by atoms with Crippen LogP contribution in [0, 0.1) is 0 Å². The Morgan fingerprint density at radius 3 is 2.42 bits per heavy atom. The summed E-state index contributed by atoms with van der Waals surface area (Å²) < 4.78 is 13.3. The number of pyridine rings is 1. The minimum atomic E-state index is -0.266. The maximum Gasteiger partial charge on any atom is 0.251 e. The van der Waals surface area contributed by atoms with E-state index in [1.165, 1.54) is 12.0 Å². The van der Waals surface area contributed by atoms with Gasteiger partial charge in [-0.2, -0.15) is 5.10 Å². The lowest BCUT2D eigenvalue weighted by Crippen LogP contribution is -2.47. The van der Waals surface area contributed by atoms with Crippen molar-refractivity contribution >= 4 is 28.5 Å². The molecule has 0 saturated carbocycles. The number of ether oxygens (including phenoxy) is 2. The van der Waals surface area contributed by atoms with Crippen molar-refractivity contribution in [1.82, 2.24) is 35.6 Å². The van der Waals surface area contributed by atoms with Crippen molar-refractivity contribution in [2.45, 2.75) is 84.0 Å². The predicted molar refractivity (Wildman–Crippen MR) is 213 cm³/mol. The Bertz CT molecular complexity index is 2190. The third-order valence-corrected chi connectivity index (χ3v) is 11.2. The number of fused-ring (bicyclic) bond motifs is 2. The zero-order valence-corrected chi connectivity index (χ0v) is 31.9. The minimum Gasteiger partial charge on any atom is -0.496 e. The molecule has 4 fully saturated rings. The van der Waals surface area contributed by atoms with Gasteiger partial charge in [0, 0.05) is 86.0 Å². The highest BCUT2D eigenvalue weighted by Gasteiger charge is 2.41. The quantitative estimate of drug-likeness (QED) is 0.114. The van der Waals surface area contributed by atoms with Crippen molar-refractivity contribution in [2.24, 2.45) is 0 Å². The van der Waals surface area contributed by atoms with E-state index in [-0.39, 0.29) is 24.4 Å². The SMILES string of the molecule is CCc1nc2c(cnn2CC)c(NC2CCOCC2)c1CNC(=O)c1cccc(C(=O)NCc2ccc(OC)c(-c3cccc(CN4C[C@@H]5C[C@H]4N5)c3)c2)c1. The van der Waals surface area contributed by atoms with Crippen molar-refractivity contribution in [3.63, 3.8) is 0 Å². The second-order valence-corrected chi connectivity index (χ2v) is 14.7. The lowest BCUT2D eigenvalue weighted by atomic mass is 9.99.